The first-order chi connectivity index (χ1) is 9.51. The van der Waals surface area contributed by atoms with Crippen molar-refractivity contribution in [2.45, 2.75) is 6.54 Å². The van der Waals surface area contributed by atoms with E-state index in [1.165, 1.54) is 30.1 Å². The Morgan fingerprint density at radius 2 is 2.10 bits per heavy atom. The Hall–Kier alpha value is -1.85. The van der Waals surface area contributed by atoms with Crippen LogP contribution in [0.2, 0.25) is 10.0 Å². The molecule has 5 nitrogen and oxygen atoms in total. The first-order valence-electron chi connectivity index (χ1n) is 5.60. The number of hydrogen-bond acceptors (Lipinski definition) is 4. The van der Waals surface area contributed by atoms with Crippen molar-refractivity contribution in [3.05, 3.63) is 62.2 Å². The number of carbonyl (C=O) groups is 1. The Bertz CT molecular complexity index is 696. The van der Waals surface area contributed by atoms with Crippen LogP contribution in [0.4, 0.5) is 0 Å². The van der Waals surface area contributed by atoms with Crippen LogP contribution < -0.4 is 5.56 Å². The van der Waals surface area contributed by atoms with Gasteiger partial charge in [-0.2, -0.15) is 0 Å². The third-order valence-corrected chi connectivity index (χ3v) is 3.01. The number of methoxy groups -OCH3 is 1. The topological polar surface area (TPSA) is 61.2 Å². The number of nitrogens with zero attached hydrogens (tertiary/aromatic N) is 2. The van der Waals surface area contributed by atoms with Gasteiger partial charge >= 0.3 is 5.97 Å². The van der Waals surface area contributed by atoms with Crippen molar-refractivity contribution in [2.75, 3.05) is 7.11 Å². The largest absolute Gasteiger partial charge is 0.465 e. The predicted molar refractivity (Wildman–Crippen MR) is 75.4 cm³/mol. The molecule has 0 radical (unpaired) electrons. The van der Waals surface area contributed by atoms with Crippen LogP contribution in [0.15, 0.2) is 35.4 Å². The van der Waals surface area contributed by atoms with Gasteiger partial charge in [0.05, 0.1) is 29.4 Å². The number of hydrogen-bond donors (Lipinski definition) is 0. The molecule has 104 valence electrons. The molecular formula is C13H10Cl2N2O3. The predicted octanol–water partition coefficient (Wildman–Crippen LogP) is 2.39. The van der Waals surface area contributed by atoms with Crippen molar-refractivity contribution in [2.24, 2.45) is 0 Å². The van der Waals surface area contributed by atoms with Crippen LogP contribution in [0.5, 0.6) is 0 Å². The van der Waals surface area contributed by atoms with E-state index in [1.54, 1.807) is 12.1 Å². The van der Waals surface area contributed by atoms with E-state index in [0.717, 1.165) is 0 Å². The number of ether oxygens (including phenoxy) is 1. The van der Waals surface area contributed by atoms with E-state index in [2.05, 4.69) is 9.72 Å². The van der Waals surface area contributed by atoms with Gasteiger partial charge in [0, 0.05) is 12.4 Å². The van der Waals surface area contributed by atoms with Crippen molar-refractivity contribution in [3.63, 3.8) is 0 Å². The second-order valence-corrected chi connectivity index (χ2v) is 4.84. The minimum atomic E-state index is -0.727. The lowest BCUT2D eigenvalue weighted by molar-refractivity contribution is 0.0598. The summed E-state index contributed by atoms with van der Waals surface area (Å²) in [6, 6.07) is 4.63. The fourth-order valence-electron chi connectivity index (χ4n) is 1.65. The molecule has 0 aliphatic rings. The van der Waals surface area contributed by atoms with Crippen molar-refractivity contribution >= 4 is 29.2 Å². The van der Waals surface area contributed by atoms with Crippen LogP contribution in [0, 0.1) is 0 Å². The van der Waals surface area contributed by atoms with E-state index < -0.39 is 11.5 Å². The van der Waals surface area contributed by atoms with Gasteiger partial charge < -0.3 is 9.30 Å². The summed E-state index contributed by atoms with van der Waals surface area (Å²) in [7, 11) is 1.20. The van der Waals surface area contributed by atoms with Crippen molar-refractivity contribution in [1.29, 1.82) is 0 Å². The molecule has 2 heterocycles. The van der Waals surface area contributed by atoms with Crippen LogP contribution in [0.1, 0.15) is 16.1 Å². The van der Waals surface area contributed by atoms with Crippen LogP contribution in [-0.4, -0.2) is 22.6 Å². The quantitative estimate of drug-likeness (QED) is 0.816. The Kier molecular flexibility index (Phi) is 4.42. The molecule has 0 aromatic carbocycles. The summed E-state index contributed by atoms with van der Waals surface area (Å²) in [5.41, 5.74) is 0.0153. The fourth-order valence-corrected chi connectivity index (χ4v) is 1.99. The summed E-state index contributed by atoms with van der Waals surface area (Å²) in [6.07, 6.45) is 2.92. The molecule has 2 aromatic heterocycles. The van der Waals surface area contributed by atoms with Crippen LogP contribution in [0.25, 0.3) is 0 Å². The first-order valence-corrected chi connectivity index (χ1v) is 6.35. The third kappa shape index (κ3) is 3.18. The Morgan fingerprint density at radius 1 is 1.35 bits per heavy atom. The van der Waals surface area contributed by atoms with E-state index >= 15 is 0 Å². The molecule has 0 spiro atoms. The molecule has 0 N–H and O–H groups in total. The van der Waals surface area contributed by atoms with Crippen molar-refractivity contribution < 1.29 is 9.53 Å². The second kappa shape index (κ2) is 6.07. The minimum Gasteiger partial charge on any atom is -0.465 e. The number of rotatable bonds is 3. The van der Waals surface area contributed by atoms with Crippen molar-refractivity contribution in [1.82, 2.24) is 9.55 Å². The SMILES string of the molecule is COC(=O)c1cc(Cl)cn(Cc2ccc(Cl)cn2)c1=O. The van der Waals surface area contributed by atoms with Crippen molar-refractivity contribution in [3.8, 4) is 0 Å². The summed E-state index contributed by atoms with van der Waals surface area (Å²) >= 11 is 11.6. The molecule has 0 saturated carbocycles. The van der Waals surface area contributed by atoms with E-state index in [1.807, 2.05) is 0 Å². The lowest BCUT2D eigenvalue weighted by atomic mass is 10.2. The van der Waals surface area contributed by atoms with Gasteiger partial charge in [-0.3, -0.25) is 9.78 Å². The molecule has 2 rings (SSSR count). The maximum absolute atomic E-state index is 12.1. The normalized spacial score (nSPS) is 10.3. The first kappa shape index (κ1) is 14.6. The highest BCUT2D eigenvalue weighted by atomic mass is 35.5. The highest BCUT2D eigenvalue weighted by Gasteiger charge is 2.14. The van der Waals surface area contributed by atoms with Gasteiger partial charge in [0.2, 0.25) is 0 Å². The average Bonchev–Trinajstić information content (AvgIpc) is 2.44. The molecule has 0 unspecified atom stereocenters. The van der Waals surface area contributed by atoms with Crippen LogP contribution in [-0.2, 0) is 11.3 Å². The van der Waals surface area contributed by atoms with Gasteiger partial charge in [-0.15, -0.1) is 0 Å². The molecular weight excluding hydrogens is 303 g/mol. The van der Waals surface area contributed by atoms with Gasteiger partial charge in [0.25, 0.3) is 5.56 Å². The number of pyridine rings is 2. The summed E-state index contributed by atoms with van der Waals surface area (Å²) in [4.78, 5) is 27.7. The van der Waals surface area contributed by atoms with Crippen LogP contribution in [0.3, 0.4) is 0 Å². The van der Waals surface area contributed by atoms with Gasteiger partial charge in [-0.05, 0) is 18.2 Å². The zero-order chi connectivity index (χ0) is 14.7. The van der Waals surface area contributed by atoms with Gasteiger partial charge in [-0.25, -0.2) is 4.79 Å². The highest BCUT2D eigenvalue weighted by Crippen LogP contribution is 2.11. The van der Waals surface area contributed by atoms with E-state index in [9.17, 15) is 9.59 Å². The molecule has 0 fully saturated rings. The van der Waals surface area contributed by atoms with Gasteiger partial charge in [-0.1, -0.05) is 23.2 Å². The zero-order valence-electron chi connectivity index (χ0n) is 10.5. The molecule has 7 heteroatoms. The smallest absolute Gasteiger partial charge is 0.343 e. The number of aromatic nitrogens is 2. The molecule has 0 atom stereocenters. The Balaban J connectivity index is 2.42. The summed E-state index contributed by atoms with van der Waals surface area (Å²) in [5.74, 6) is -0.727. The molecule has 0 bridgehead atoms. The van der Waals surface area contributed by atoms with Crippen LogP contribution >= 0.6 is 23.2 Å². The summed E-state index contributed by atoms with van der Waals surface area (Å²) < 4.78 is 5.85. The average molecular weight is 313 g/mol. The number of esters is 1. The van der Waals surface area contributed by atoms with Gasteiger partial charge in [0.15, 0.2) is 0 Å². The second-order valence-electron chi connectivity index (χ2n) is 3.96. The highest BCUT2D eigenvalue weighted by molar-refractivity contribution is 6.30. The number of halogens is 2. The van der Waals surface area contributed by atoms with E-state index in [0.29, 0.717) is 10.7 Å². The summed E-state index contributed by atoms with van der Waals surface area (Å²) in [6.45, 7) is 0.181. The zero-order valence-corrected chi connectivity index (χ0v) is 12.0. The summed E-state index contributed by atoms with van der Waals surface area (Å²) in [5, 5.41) is 0.765. The Morgan fingerprint density at radius 3 is 2.70 bits per heavy atom. The molecule has 20 heavy (non-hydrogen) atoms. The number of carbonyl (C=O) groups excluding carboxylic acids is 1. The molecule has 0 amide bonds. The fraction of sp³-hybridized carbons (Fsp3) is 0.154. The Labute approximate surface area is 124 Å². The maximum Gasteiger partial charge on any atom is 0.343 e. The van der Waals surface area contributed by atoms with E-state index in [-0.39, 0.29) is 17.1 Å². The third-order valence-electron chi connectivity index (χ3n) is 2.58. The lowest BCUT2D eigenvalue weighted by Gasteiger charge is -2.08. The molecule has 0 aliphatic carbocycles. The molecule has 2 aromatic rings. The maximum atomic E-state index is 12.1. The lowest BCUT2D eigenvalue weighted by Crippen LogP contribution is -2.27. The standard InChI is InChI=1S/C13H10Cl2N2O3/c1-20-13(19)11-4-9(15)6-17(12(11)18)7-10-3-2-8(14)5-16-10/h2-6H,7H2,1H3. The monoisotopic (exact) mass is 312 g/mol. The van der Waals surface area contributed by atoms with Gasteiger partial charge in [0.1, 0.15) is 5.56 Å². The molecule has 0 saturated heterocycles. The van der Waals surface area contributed by atoms with E-state index in [4.69, 9.17) is 23.2 Å². The molecule has 0 aliphatic heterocycles. The minimum absolute atomic E-state index is 0.117.